The van der Waals surface area contributed by atoms with E-state index in [4.69, 9.17) is 14.2 Å². The first-order chi connectivity index (χ1) is 12.8. The molecule has 0 unspecified atom stereocenters. The summed E-state index contributed by atoms with van der Waals surface area (Å²) >= 11 is 0. The smallest absolute Gasteiger partial charge is 0.334 e. The Kier molecular flexibility index (Phi) is 6.82. The van der Waals surface area contributed by atoms with Gasteiger partial charge in [-0.1, -0.05) is 0 Å². The van der Waals surface area contributed by atoms with Gasteiger partial charge in [0.15, 0.2) is 0 Å². The Hall–Kier alpha value is -3.02. The monoisotopic (exact) mass is 371 g/mol. The van der Waals surface area contributed by atoms with Crippen molar-refractivity contribution < 1.29 is 23.8 Å². The Balaban J connectivity index is 2.35. The van der Waals surface area contributed by atoms with Crippen molar-refractivity contribution in [1.82, 2.24) is 4.57 Å². The quantitative estimate of drug-likeness (QED) is 0.418. The molecule has 0 spiro atoms. The highest BCUT2D eigenvalue weighted by atomic mass is 16.5. The molecule has 2 aromatic rings. The van der Waals surface area contributed by atoms with Gasteiger partial charge in [-0.05, 0) is 51.5 Å². The van der Waals surface area contributed by atoms with E-state index in [9.17, 15) is 9.59 Å². The molecule has 1 heterocycles. The van der Waals surface area contributed by atoms with E-state index < -0.39 is 5.97 Å². The van der Waals surface area contributed by atoms with Gasteiger partial charge in [0, 0.05) is 35.8 Å². The second-order valence-corrected chi connectivity index (χ2v) is 6.02. The molecular weight excluding hydrogens is 346 g/mol. The zero-order chi connectivity index (χ0) is 20.0. The van der Waals surface area contributed by atoms with E-state index >= 15 is 0 Å². The fourth-order valence-corrected chi connectivity index (χ4v) is 2.75. The summed E-state index contributed by atoms with van der Waals surface area (Å²) < 4.78 is 17.6. The van der Waals surface area contributed by atoms with Crippen LogP contribution in [-0.4, -0.2) is 29.7 Å². The summed E-state index contributed by atoms with van der Waals surface area (Å²) in [6.45, 7) is 7.73. The topological polar surface area (TPSA) is 66.8 Å². The summed E-state index contributed by atoms with van der Waals surface area (Å²) in [6, 6.07) is 5.65. The fourth-order valence-electron chi connectivity index (χ4n) is 2.75. The van der Waals surface area contributed by atoms with Crippen molar-refractivity contribution in [3.63, 3.8) is 0 Å². The molecular formula is C21H25NO5. The van der Waals surface area contributed by atoms with Crippen molar-refractivity contribution in [2.45, 2.75) is 27.7 Å². The molecule has 0 atom stereocenters. The van der Waals surface area contributed by atoms with E-state index in [-0.39, 0.29) is 5.97 Å². The van der Waals surface area contributed by atoms with Gasteiger partial charge in [-0.3, -0.25) is 0 Å². The lowest BCUT2D eigenvalue weighted by molar-refractivity contribution is -0.138. The molecule has 0 saturated carbocycles. The van der Waals surface area contributed by atoms with Crippen LogP contribution in [0.15, 0.2) is 42.3 Å². The van der Waals surface area contributed by atoms with Gasteiger partial charge in [-0.15, -0.1) is 0 Å². The minimum absolute atomic E-state index is 0.314. The van der Waals surface area contributed by atoms with Crippen LogP contribution >= 0.6 is 0 Å². The van der Waals surface area contributed by atoms with Gasteiger partial charge in [0.25, 0.3) is 0 Å². The van der Waals surface area contributed by atoms with Crippen molar-refractivity contribution in [1.29, 1.82) is 0 Å². The molecule has 144 valence electrons. The summed E-state index contributed by atoms with van der Waals surface area (Å²) in [5, 5.41) is 0.942. The first kappa shape index (κ1) is 20.3. The van der Waals surface area contributed by atoms with Crippen LogP contribution in [0.1, 0.15) is 33.3 Å². The van der Waals surface area contributed by atoms with Crippen LogP contribution in [0, 0.1) is 0 Å². The summed E-state index contributed by atoms with van der Waals surface area (Å²) in [7, 11) is 1.94. The van der Waals surface area contributed by atoms with Crippen LogP contribution in [0.2, 0.25) is 0 Å². The average molecular weight is 371 g/mol. The number of allylic oxidation sites excluding steroid dienone is 2. The molecule has 0 N–H and O–H groups in total. The molecule has 6 nitrogen and oxygen atoms in total. The summed E-state index contributed by atoms with van der Waals surface area (Å²) in [5.74, 6) is 0.221. The van der Waals surface area contributed by atoms with Gasteiger partial charge in [0.1, 0.15) is 11.5 Å². The molecule has 1 aromatic heterocycles. The SMILES string of the molecule is CCOC(=O)C=C(C)Oc1ccc2c(c1)c(C(C)=CC(=O)OCC)cn2C. The number of aryl methyl sites for hydroxylation is 1. The molecule has 0 saturated heterocycles. The van der Waals surface area contributed by atoms with Crippen molar-refractivity contribution in [2.24, 2.45) is 7.05 Å². The number of hydrogen-bond donors (Lipinski definition) is 0. The Morgan fingerprint density at radius 1 is 1.04 bits per heavy atom. The normalized spacial score (nSPS) is 12.2. The molecule has 0 bridgehead atoms. The number of hydrogen-bond acceptors (Lipinski definition) is 5. The molecule has 0 amide bonds. The highest BCUT2D eigenvalue weighted by Crippen LogP contribution is 2.30. The van der Waals surface area contributed by atoms with Crippen molar-refractivity contribution >= 4 is 28.4 Å². The third-order valence-corrected chi connectivity index (χ3v) is 3.89. The lowest BCUT2D eigenvalue weighted by atomic mass is 10.1. The number of nitrogens with zero attached hydrogens (tertiary/aromatic N) is 1. The fraction of sp³-hybridized carbons (Fsp3) is 0.333. The number of carbonyl (C=O) groups is 2. The van der Waals surface area contributed by atoms with E-state index in [0.717, 1.165) is 22.0 Å². The molecule has 0 aliphatic carbocycles. The molecule has 6 heteroatoms. The van der Waals surface area contributed by atoms with Gasteiger partial charge in [0.05, 0.1) is 19.3 Å². The summed E-state index contributed by atoms with van der Waals surface area (Å²) in [4.78, 5) is 23.3. The van der Waals surface area contributed by atoms with Gasteiger partial charge >= 0.3 is 11.9 Å². The molecule has 0 fully saturated rings. The molecule has 0 aliphatic rings. The number of aromatic nitrogens is 1. The van der Waals surface area contributed by atoms with Crippen LogP contribution in [0.3, 0.4) is 0 Å². The first-order valence-corrected chi connectivity index (χ1v) is 8.83. The van der Waals surface area contributed by atoms with Crippen LogP contribution in [0.4, 0.5) is 0 Å². The molecule has 0 radical (unpaired) electrons. The van der Waals surface area contributed by atoms with Gasteiger partial charge in [-0.2, -0.15) is 0 Å². The minimum Gasteiger partial charge on any atom is -0.463 e. The lowest BCUT2D eigenvalue weighted by Crippen LogP contribution is -2.02. The Bertz CT molecular complexity index is 905. The zero-order valence-electron chi connectivity index (χ0n) is 16.4. The molecule has 1 aromatic carbocycles. The standard InChI is InChI=1S/C21H25NO5/c1-6-25-20(23)10-14(3)18-13-22(5)19-9-8-16(12-17(18)19)27-15(4)11-21(24)26-7-2/h8-13H,6-7H2,1-5H3. The third kappa shape index (κ3) is 5.23. The maximum absolute atomic E-state index is 11.8. The maximum Gasteiger partial charge on any atom is 0.334 e. The lowest BCUT2D eigenvalue weighted by Gasteiger charge is -2.07. The number of rotatable bonds is 7. The van der Waals surface area contributed by atoms with E-state index in [1.165, 1.54) is 12.2 Å². The highest BCUT2D eigenvalue weighted by molar-refractivity contribution is 5.99. The van der Waals surface area contributed by atoms with E-state index in [1.807, 2.05) is 42.9 Å². The minimum atomic E-state index is -0.440. The van der Waals surface area contributed by atoms with Crippen LogP contribution in [0.5, 0.6) is 5.75 Å². The first-order valence-electron chi connectivity index (χ1n) is 8.83. The number of esters is 2. The largest absolute Gasteiger partial charge is 0.463 e. The van der Waals surface area contributed by atoms with E-state index in [0.29, 0.717) is 24.7 Å². The van der Waals surface area contributed by atoms with Crippen molar-refractivity contribution in [2.75, 3.05) is 13.2 Å². The molecule has 2 rings (SSSR count). The Morgan fingerprint density at radius 3 is 2.30 bits per heavy atom. The van der Waals surface area contributed by atoms with Gasteiger partial charge in [0.2, 0.25) is 0 Å². The number of ether oxygens (including phenoxy) is 3. The molecule has 0 aliphatic heterocycles. The maximum atomic E-state index is 11.8. The number of benzene rings is 1. The predicted molar refractivity (Wildman–Crippen MR) is 104 cm³/mol. The summed E-state index contributed by atoms with van der Waals surface area (Å²) in [5.41, 5.74) is 2.72. The highest BCUT2D eigenvalue weighted by Gasteiger charge is 2.11. The van der Waals surface area contributed by atoms with Crippen molar-refractivity contribution in [3.05, 3.63) is 47.9 Å². The van der Waals surface area contributed by atoms with Crippen LogP contribution in [0.25, 0.3) is 16.5 Å². The Labute approximate surface area is 159 Å². The third-order valence-electron chi connectivity index (χ3n) is 3.89. The number of carbonyl (C=O) groups excluding carboxylic acids is 2. The van der Waals surface area contributed by atoms with Crippen LogP contribution in [-0.2, 0) is 26.1 Å². The van der Waals surface area contributed by atoms with Gasteiger partial charge < -0.3 is 18.8 Å². The number of fused-ring (bicyclic) bond motifs is 1. The van der Waals surface area contributed by atoms with E-state index in [2.05, 4.69) is 0 Å². The average Bonchev–Trinajstić information content (AvgIpc) is 2.91. The second kappa shape index (κ2) is 9.07. The van der Waals surface area contributed by atoms with E-state index in [1.54, 1.807) is 20.8 Å². The second-order valence-electron chi connectivity index (χ2n) is 6.02. The Morgan fingerprint density at radius 2 is 1.67 bits per heavy atom. The van der Waals surface area contributed by atoms with Gasteiger partial charge in [-0.25, -0.2) is 9.59 Å². The molecule has 27 heavy (non-hydrogen) atoms. The van der Waals surface area contributed by atoms with Crippen LogP contribution < -0.4 is 4.74 Å². The van der Waals surface area contributed by atoms with Crippen molar-refractivity contribution in [3.8, 4) is 5.75 Å². The predicted octanol–water partition coefficient (Wildman–Crippen LogP) is 3.99. The zero-order valence-corrected chi connectivity index (χ0v) is 16.4. The summed E-state index contributed by atoms with van der Waals surface area (Å²) in [6.07, 6.45) is 4.75.